The van der Waals surface area contributed by atoms with E-state index in [0.717, 1.165) is 10.4 Å². The van der Waals surface area contributed by atoms with Crippen molar-refractivity contribution in [3.63, 3.8) is 0 Å². The number of aliphatic hydroxyl groups is 1. The van der Waals surface area contributed by atoms with Crippen LogP contribution in [0.15, 0.2) is 75.9 Å². The lowest BCUT2D eigenvalue weighted by Crippen LogP contribution is -2.32. The fourth-order valence-corrected chi connectivity index (χ4v) is 4.15. The molecule has 0 fully saturated rings. The van der Waals surface area contributed by atoms with Crippen LogP contribution in [-0.4, -0.2) is 28.2 Å². The number of furan rings is 1. The van der Waals surface area contributed by atoms with E-state index < -0.39 is 23.5 Å². The van der Waals surface area contributed by atoms with Gasteiger partial charge in [0.1, 0.15) is 5.82 Å². The first-order valence-corrected chi connectivity index (χ1v) is 9.54. The standard InChI is InChI=1S/C21H16FNO4S/c22-14-7-5-13(6-8-14)9-10-23-18(16-4-2-12-28-16)17(20(25)21(23)26)19(24)15-3-1-11-27-15/h1-8,11-12,18,25H,9-10H2. The van der Waals surface area contributed by atoms with Crippen molar-refractivity contribution in [3.8, 4) is 0 Å². The summed E-state index contributed by atoms with van der Waals surface area (Å²) in [6.07, 6.45) is 1.83. The second-order valence-corrected chi connectivity index (χ2v) is 7.34. The van der Waals surface area contributed by atoms with Crippen LogP contribution in [0.4, 0.5) is 4.39 Å². The van der Waals surface area contributed by atoms with Crippen LogP contribution < -0.4 is 0 Å². The summed E-state index contributed by atoms with van der Waals surface area (Å²) in [7, 11) is 0. The van der Waals surface area contributed by atoms with E-state index in [1.165, 1.54) is 40.7 Å². The van der Waals surface area contributed by atoms with Crippen LogP contribution >= 0.6 is 11.3 Å². The number of Topliss-reactive ketones (excluding diaryl/α,β-unsaturated/α-hetero) is 1. The van der Waals surface area contributed by atoms with Crippen molar-refractivity contribution in [1.29, 1.82) is 0 Å². The molecule has 0 bridgehead atoms. The smallest absolute Gasteiger partial charge is 0.290 e. The van der Waals surface area contributed by atoms with Crippen LogP contribution in [0, 0.1) is 5.82 Å². The number of aliphatic hydroxyl groups excluding tert-OH is 1. The van der Waals surface area contributed by atoms with Crippen LogP contribution in [-0.2, 0) is 11.2 Å². The van der Waals surface area contributed by atoms with Gasteiger partial charge in [0.15, 0.2) is 11.5 Å². The summed E-state index contributed by atoms with van der Waals surface area (Å²) < 4.78 is 18.3. The van der Waals surface area contributed by atoms with Gasteiger partial charge in [-0.3, -0.25) is 9.59 Å². The summed E-state index contributed by atoms with van der Waals surface area (Å²) in [5.74, 6) is -1.94. The van der Waals surface area contributed by atoms with Gasteiger partial charge in [0.25, 0.3) is 5.91 Å². The molecule has 28 heavy (non-hydrogen) atoms. The normalized spacial score (nSPS) is 16.8. The van der Waals surface area contributed by atoms with Gasteiger partial charge in [0, 0.05) is 11.4 Å². The lowest BCUT2D eigenvalue weighted by atomic mass is 10.00. The van der Waals surface area contributed by atoms with Gasteiger partial charge in [-0.1, -0.05) is 18.2 Å². The van der Waals surface area contributed by atoms with Crippen LogP contribution in [0.5, 0.6) is 0 Å². The molecule has 0 radical (unpaired) electrons. The number of rotatable bonds is 6. The predicted octanol–water partition coefficient (Wildman–Crippen LogP) is 4.30. The molecule has 1 amide bonds. The van der Waals surface area contributed by atoms with Crippen molar-refractivity contribution >= 4 is 23.0 Å². The van der Waals surface area contributed by atoms with Crippen LogP contribution in [0.3, 0.4) is 0 Å². The van der Waals surface area contributed by atoms with Crippen LogP contribution in [0.25, 0.3) is 0 Å². The maximum absolute atomic E-state index is 13.1. The number of carbonyl (C=O) groups excluding carboxylic acids is 2. The van der Waals surface area contributed by atoms with E-state index in [2.05, 4.69) is 0 Å². The monoisotopic (exact) mass is 397 g/mol. The van der Waals surface area contributed by atoms with Gasteiger partial charge in [-0.15, -0.1) is 11.3 Å². The number of nitrogens with zero attached hydrogens (tertiary/aromatic N) is 1. The Kier molecular flexibility index (Phi) is 4.83. The zero-order chi connectivity index (χ0) is 19.7. The second kappa shape index (κ2) is 7.44. The van der Waals surface area contributed by atoms with Gasteiger partial charge in [0.2, 0.25) is 5.78 Å². The number of carbonyl (C=O) groups is 2. The molecule has 1 atom stereocenters. The van der Waals surface area contributed by atoms with Crippen LogP contribution in [0.2, 0.25) is 0 Å². The topological polar surface area (TPSA) is 70.8 Å². The summed E-state index contributed by atoms with van der Waals surface area (Å²) in [5.41, 5.74) is 0.867. The summed E-state index contributed by atoms with van der Waals surface area (Å²) in [6, 6.07) is 12.1. The van der Waals surface area contributed by atoms with E-state index >= 15 is 0 Å². The molecule has 1 N–H and O–H groups in total. The van der Waals surface area contributed by atoms with E-state index in [9.17, 15) is 19.1 Å². The molecule has 4 rings (SSSR count). The first-order valence-electron chi connectivity index (χ1n) is 8.66. The molecule has 1 unspecified atom stereocenters. The Hall–Kier alpha value is -3.19. The van der Waals surface area contributed by atoms with Crippen molar-refractivity contribution in [2.45, 2.75) is 12.5 Å². The number of thiophene rings is 1. The SMILES string of the molecule is O=C(C1=C(O)C(=O)N(CCc2ccc(F)cc2)C1c1cccs1)c1ccco1. The first kappa shape index (κ1) is 18.2. The van der Waals surface area contributed by atoms with Crippen molar-refractivity contribution in [1.82, 2.24) is 4.90 Å². The number of hydrogen-bond donors (Lipinski definition) is 1. The number of halogens is 1. The van der Waals surface area contributed by atoms with Crippen LogP contribution in [0.1, 0.15) is 27.0 Å². The Labute approximate surface area is 164 Å². The molecule has 3 heterocycles. The van der Waals surface area contributed by atoms with E-state index in [-0.39, 0.29) is 23.7 Å². The minimum absolute atomic E-state index is 0.0153. The fourth-order valence-electron chi connectivity index (χ4n) is 3.30. The first-order chi connectivity index (χ1) is 13.6. The third-order valence-electron chi connectivity index (χ3n) is 4.66. The quantitative estimate of drug-likeness (QED) is 0.630. The molecule has 3 aromatic rings. The van der Waals surface area contributed by atoms with Gasteiger partial charge in [-0.05, 0) is 47.7 Å². The molecule has 0 saturated carbocycles. The van der Waals surface area contributed by atoms with Gasteiger partial charge in [0.05, 0.1) is 17.9 Å². The third-order valence-corrected chi connectivity index (χ3v) is 5.59. The van der Waals surface area contributed by atoms with Gasteiger partial charge >= 0.3 is 0 Å². The molecule has 1 aliphatic rings. The molecule has 0 spiro atoms. The molecule has 0 saturated heterocycles. The number of amides is 1. The van der Waals surface area contributed by atoms with E-state index in [0.29, 0.717) is 6.42 Å². The molecule has 1 aromatic carbocycles. The van der Waals surface area contributed by atoms with Gasteiger partial charge in [-0.25, -0.2) is 4.39 Å². The molecular weight excluding hydrogens is 381 g/mol. The second-order valence-electron chi connectivity index (χ2n) is 6.36. The average molecular weight is 397 g/mol. The Morgan fingerprint density at radius 3 is 2.61 bits per heavy atom. The maximum atomic E-state index is 13.1. The van der Waals surface area contributed by atoms with Crippen molar-refractivity contribution in [2.24, 2.45) is 0 Å². The summed E-state index contributed by atoms with van der Waals surface area (Å²) >= 11 is 1.40. The zero-order valence-electron chi connectivity index (χ0n) is 14.7. The van der Waals surface area contributed by atoms with Crippen molar-refractivity contribution in [3.05, 3.63) is 93.5 Å². The molecule has 2 aromatic heterocycles. The number of ketones is 1. The number of benzene rings is 1. The summed E-state index contributed by atoms with van der Waals surface area (Å²) in [6.45, 7) is 0.270. The van der Waals surface area contributed by atoms with E-state index in [1.807, 2.05) is 17.5 Å². The Morgan fingerprint density at radius 1 is 1.18 bits per heavy atom. The van der Waals surface area contributed by atoms with Crippen molar-refractivity contribution in [2.75, 3.05) is 6.54 Å². The minimum Gasteiger partial charge on any atom is -0.503 e. The molecule has 142 valence electrons. The Bertz CT molecular complexity index is 1020. The Balaban J connectivity index is 1.66. The van der Waals surface area contributed by atoms with Gasteiger partial charge in [-0.2, -0.15) is 0 Å². The molecule has 0 aliphatic carbocycles. The lowest BCUT2D eigenvalue weighted by molar-refractivity contribution is -0.129. The highest BCUT2D eigenvalue weighted by Gasteiger charge is 2.44. The Morgan fingerprint density at radius 2 is 1.96 bits per heavy atom. The molecular formula is C21H16FNO4S. The maximum Gasteiger partial charge on any atom is 0.290 e. The predicted molar refractivity (Wildman–Crippen MR) is 102 cm³/mol. The average Bonchev–Trinajstić information content (AvgIpc) is 3.44. The minimum atomic E-state index is -0.689. The fraction of sp³-hybridized carbons (Fsp3) is 0.143. The molecule has 5 nitrogen and oxygen atoms in total. The lowest BCUT2D eigenvalue weighted by Gasteiger charge is -2.25. The number of hydrogen-bond acceptors (Lipinski definition) is 5. The van der Waals surface area contributed by atoms with E-state index in [4.69, 9.17) is 4.42 Å². The zero-order valence-corrected chi connectivity index (χ0v) is 15.5. The largest absolute Gasteiger partial charge is 0.503 e. The highest BCUT2D eigenvalue weighted by Crippen LogP contribution is 2.40. The highest BCUT2D eigenvalue weighted by molar-refractivity contribution is 7.10. The molecule has 7 heteroatoms. The van der Waals surface area contributed by atoms with Gasteiger partial charge < -0.3 is 14.4 Å². The van der Waals surface area contributed by atoms with Crippen molar-refractivity contribution < 1.29 is 23.5 Å². The summed E-state index contributed by atoms with van der Waals surface area (Å²) in [5, 5.41) is 12.3. The molecule has 1 aliphatic heterocycles. The van der Waals surface area contributed by atoms with E-state index in [1.54, 1.807) is 18.2 Å². The summed E-state index contributed by atoms with van der Waals surface area (Å²) in [4.78, 5) is 27.9. The highest BCUT2D eigenvalue weighted by atomic mass is 32.1. The third kappa shape index (κ3) is 3.25.